The van der Waals surface area contributed by atoms with Gasteiger partial charge in [-0.3, -0.25) is 9.48 Å². The number of aromatic nitrogens is 2. The lowest BCUT2D eigenvalue weighted by Crippen LogP contribution is -2.38. The Hall–Kier alpha value is -2.68. The fourth-order valence-electron chi connectivity index (χ4n) is 2.78. The molecule has 1 aromatic heterocycles. The van der Waals surface area contributed by atoms with Gasteiger partial charge in [0.1, 0.15) is 0 Å². The van der Waals surface area contributed by atoms with Crippen LogP contribution in [0.25, 0.3) is 0 Å². The summed E-state index contributed by atoms with van der Waals surface area (Å²) in [6, 6.07) is 15.4. The van der Waals surface area contributed by atoms with Gasteiger partial charge < -0.3 is 5.32 Å². The van der Waals surface area contributed by atoms with E-state index in [1.165, 1.54) is 31.3 Å². The van der Waals surface area contributed by atoms with Gasteiger partial charge in [-0.25, -0.2) is 8.42 Å². The zero-order valence-corrected chi connectivity index (χ0v) is 17.4. The Morgan fingerprint density at radius 1 is 1.10 bits per heavy atom. The van der Waals surface area contributed by atoms with Crippen molar-refractivity contribution in [2.24, 2.45) is 0 Å². The molecule has 0 aliphatic carbocycles. The maximum absolute atomic E-state index is 12.6. The number of halogens is 1. The largest absolute Gasteiger partial charge is 0.351 e. The monoisotopic (exact) mass is 432 g/mol. The van der Waals surface area contributed by atoms with Crippen molar-refractivity contribution in [2.45, 2.75) is 18.0 Å². The van der Waals surface area contributed by atoms with E-state index < -0.39 is 10.0 Å². The molecule has 0 saturated carbocycles. The van der Waals surface area contributed by atoms with Crippen LogP contribution in [0, 0.1) is 0 Å². The summed E-state index contributed by atoms with van der Waals surface area (Å²) in [6.45, 7) is 0.598. The van der Waals surface area contributed by atoms with Gasteiger partial charge in [0.25, 0.3) is 0 Å². The van der Waals surface area contributed by atoms with Crippen molar-refractivity contribution in [3.05, 3.63) is 83.1 Å². The normalized spacial score (nSPS) is 11.6. The number of nitrogens with zero attached hydrogens (tertiary/aromatic N) is 3. The molecule has 1 amide bonds. The van der Waals surface area contributed by atoms with Crippen LogP contribution in [0.1, 0.15) is 11.1 Å². The molecule has 0 unspecified atom stereocenters. The van der Waals surface area contributed by atoms with Crippen molar-refractivity contribution in [3.63, 3.8) is 0 Å². The Kier molecular flexibility index (Phi) is 6.68. The van der Waals surface area contributed by atoms with Crippen molar-refractivity contribution in [2.75, 3.05) is 13.6 Å². The molecule has 2 aromatic carbocycles. The van der Waals surface area contributed by atoms with Crippen LogP contribution < -0.4 is 5.32 Å². The number of benzene rings is 2. The summed E-state index contributed by atoms with van der Waals surface area (Å²) < 4.78 is 28.0. The number of rotatable bonds is 8. The maximum Gasteiger partial charge on any atom is 0.243 e. The molecule has 29 heavy (non-hydrogen) atoms. The Morgan fingerprint density at radius 3 is 2.45 bits per heavy atom. The molecule has 1 N–H and O–H groups in total. The van der Waals surface area contributed by atoms with E-state index in [2.05, 4.69) is 10.4 Å². The van der Waals surface area contributed by atoms with E-state index in [9.17, 15) is 13.2 Å². The third kappa shape index (κ3) is 5.44. The molecule has 0 fully saturated rings. The molecule has 152 valence electrons. The molecule has 3 aromatic rings. The van der Waals surface area contributed by atoms with Gasteiger partial charge in [0.05, 0.1) is 18.0 Å². The number of hydrogen-bond donors (Lipinski definition) is 1. The van der Waals surface area contributed by atoms with Crippen molar-refractivity contribution < 1.29 is 13.2 Å². The molecule has 0 saturated heterocycles. The summed E-state index contributed by atoms with van der Waals surface area (Å²) in [5.74, 6) is -0.390. The number of carbonyl (C=O) groups is 1. The number of sulfonamides is 1. The Balaban J connectivity index is 1.61. The van der Waals surface area contributed by atoms with E-state index in [1.807, 2.05) is 36.5 Å². The molecule has 0 bridgehead atoms. The van der Waals surface area contributed by atoms with E-state index in [0.717, 1.165) is 15.4 Å². The van der Waals surface area contributed by atoms with Gasteiger partial charge in [-0.1, -0.05) is 35.9 Å². The number of amides is 1. The first-order valence-electron chi connectivity index (χ1n) is 8.89. The Bertz CT molecular complexity index is 1070. The van der Waals surface area contributed by atoms with Crippen LogP contribution in [-0.4, -0.2) is 42.0 Å². The van der Waals surface area contributed by atoms with Crippen LogP contribution in [0.15, 0.2) is 71.9 Å². The summed E-state index contributed by atoms with van der Waals surface area (Å²) in [4.78, 5) is 12.4. The molecule has 0 radical (unpaired) electrons. The van der Waals surface area contributed by atoms with Crippen molar-refractivity contribution in [1.29, 1.82) is 0 Å². The molecule has 0 aliphatic rings. The second-order valence-corrected chi connectivity index (χ2v) is 8.95. The van der Waals surface area contributed by atoms with Crippen LogP contribution in [0.3, 0.4) is 0 Å². The molecular weight excluding hydrogens is 412 g/mol. The van der Waals surface area contributed by atoms with Gasteiger partial charge in [-0.15, -0.1) is 0 Å². The van der Waals surface area contributed by atoms with Crippen molar-refractivity contribution in [3.8, 4) is 0 Å². The van der Waals surface area contributed by atoms with E-state index in [0.29, 0.717) is 18.1 Å². The average molecular weight is 433 g/mol. The summed E-state index contributed by atoms with van der Waals surface area (Å²) >= 11 is 5.80. The third-order valence-corrected chi connectivity index (χ3v) is 6.44. The minimum absolute atomic E-state index is 0.0850. The summed E-state index contributed by atoms with van der Waals surface area (Å²) in [5.41, 5.74) is 1.97. The van der Waals surface area contributed by atoms with Gasteiger partial charge in [0.15, 0.2) is 0 Å². The predicted molar refractivity (Wildman–Crippen MR) is 111 cm³/mol. The molecule has 0 spiro atoms. The van der Waals surface area contributed by atoms with E-state index in [-0.39, 0.29) is 17.3 Å². The first-order valence-corrected chi connectivity index (χ1v) is 10.7. The third-order valence-electron chi connectivity index (χ3n) is 4.37. The highest BCUT2D eigenvalue weighted by atomic mass is 35.5. The first kappa shape index (κ1) is 21.0. The summed E-state index contributed by atoms with van der Waals surface area (Å²) in [6.07, 6.45) is 3.58. The SMILES string of the molecule is CN(CC(=O)NCc1ccccc1Cn1cccn1)S(=O)(=O)c1ccc(Cl)cc1. The highest BCUT2D eigenvalue weighted by Gasteiger charge is 2.22. The van der Waals surface area contributed by atoms with Gasteiger partial charge in [-0.05, 0) is 41.5 Å². The second-order valence-electron chi connectivity index (χ2n) is 6.46. The number of carbonyl (C=O) groups excluding carboxylic acids is 1. The molecule has 1 heterocycles. The molecule has 0 atom stereocenters. The molecule has 3 rings (SSSR count). The lowest BCUT2D eigenvalue weighted by atomic mass is 10.1. The van der Waals surface area contributed by atoms with Gasteiger partial charge in [-0.2, -0.15) is 9.40 Å². The van der Waals surface area contributed by atoms with Gasteiger partial charge in [0.2, 0.25) is 15.9 Å². The maximum atomic E-state index is 12.6. The van der Waals surface area contributed by atoms with Crippen molar-refractivity contribution in [1.82, 2.24) is 19.4 Å². The predicted octanol–water partition coefficient (Wildman–Crippen LogP) is 2.52. The number of likely N-dealkylation sites (N-methyl/N-ethyl adjacent to an activating group) is 1. The van der Waals surface area contributed by atoms with Gasteiger partial charge in [0, 0.05) is 31.0 Å². The van der Waals surface area contributed by atoms with Crippen LogP contribution in [0.4, 0.5) is 0 Å². The zero-order valence-electron chi connectivity index (χ0n) is 15.8. The van der Waals surface area contributed by atoms with Crippen LogP contribution in [0.2, 0.25) is 5.02 Å². The summed E-state index contributed by atoms with van der Waals surface area (Å²) in [7, 11) is -2.40. The molecule has 9 heteroatoms. The summed E-state index contributed by atoms with van der Waals surface area (Å²) in [5, 5.41) is 7.43. The minimum atomic E-state index is -3.77. The van der Waals surface area contributed by atoms with E-state index in [4.69, 9.17) is 11.6 Å². The molecule has 7 nitrogen and oxygen atoms in total. The highest BCUT2D eigenvalue weighted by molar-refractivity contribution is 7.89. The number of hydrogen-bond acceptors (Lipinski definition) is 4. The molecular formula is C20H21ClN4O3S. The van der Waals surface area contributed by atoms with Crippen molar-refractivity contribution >= 4 is 27.5 Å². The molecule has 0 aliphatic heterocycles. The lowest BCUT2D eigenvalue weighted by molar-refractivity contribution is -0.121. The van der Waals surface area contributed by atoms with Crippen LogP contribution >= 0.6 is 11.6 Å². The van der Waals surface area contributed by atoms with E-state index >= 15 is 0 Å². The zero-order chi connectivity index (χ0) is 20.9. The fourth-order valence-corrected chi connectivity index (χ4v) is 4.03. The average Bonchev–Trinajstić information content (AvgIpc) is 3.20. The van der Waals surface area contributed by atoms with E-state index in [1.54, 1.807) is 10.9 Å². The quantitative estimate of drug-likeness (QED) is 0.592. The van der Waals surface area contributed by atoms with Crippen LogP contribution in [0.5, 0.6) is 0 Å². The standard InChI is InChI=1S/C20H21ClN4O3S/c1-24(29(27,28)19-9-7-18(21)8-10-19)15-20(26)22-13-16-5-2-3-6-17(16)14-25-12-4-11-23-25/h2-12H,13-15H2,1H3,(H,22,26). The smallest absolute Gasteiger partial charge is 0.243 e. The highest BCUT2D eigenvalue weighted by Crippen LogP contribution is 2.17. The number of nitrogens with one attached hydrogen (secondary N) is 1. The fraction of sp³-hybridized carbons (Fsp3) is 0.200. The van der Waals surface area contributed by atoms with Gasteiger partial charge >= 0.3 is 0 Å². The van der Waals surface area contributed by atoms with Crippen LogP contribution in [-0.2, 0) is 27.9 Å². The lowest BCUT2D eigenvalue weighted by Gasteiger charge is -2.17. The second kappa shape index (κ2) is 9.21. The first-order chi connectivity index (χ1) is 13.9. The Labute approximate surface area is 175 Å². The Morgan fingerprint density at radius 2 is 1.79 bits per heavy atom. The minimum Gasteiger partial charge on any atom is -0.351 e. The topological polar surface area (TPSA) is 84.3 Å².